The Morgan fingerprint density at radius 3 is 2.18 bits per heavy atom. The molecule has 3 aromatic carbocycles. The van der Waals surface area contributed by atoms with Crippen molar-refractivity contribution in [2.45, 2.75) is 51.1 Å². The number of carbonyl (C=O) groups is 2. The van der Waals surface area contributed by atoms with Crippen LogP contribution in [-0.4, -0.2) is 44.3 Å². The second kappa shape index (κ2) is 13.6. The summed E-state index contributed by atoms with van der Waals surface area (Å²) >= 11 is 3.42. The van der Waals surface area contributed by atoms with Crippen LogP contribution in [0.25, 0.3) is 0 Å². The third-order valence-corrected chi connectivity index (χ3v) is 8.51. The van der Waals surface area contributed by atoms with Crippen molar-refractivity contribution in [3.63, 3.8) is 0 Å². The van der Waals surface area contributed by atoms with Crippen molar-refractivity contribution in [2.75, 3.05) is 17.4 Å². The fourth-order valence-electron chi connectivity index (χ4n) is 3.87. The minimum atomic E-state index is -4.06. The fraction of sp³-hybridized carbons (Fsp3) is 0.310. The first-order valence-electron chi connectivity index (χ1n) is 12.6. The standard InChI is InChI=1S/C29H34BrN3O4S/c1-4-5-19-31-29(35)23(3)32(20-24-13-15-25(30)16-14-24)28(34)21-33(26-9-7-6-8-10-26)38(36,37)27-17-11-22(2)12-18-27/h6-18,23H,4-5,19-21H2,1-3H3,(H,31,35)/t23-/m0/s1. The average molecular weight is 601 g/mol. The van der Waals surface area contributed by atoms with E-state index in [0.29, 0.717) is 12.2 Å². The number of para-hydroxylation sites is 1. The minimum Gasteiger partial charge on any atom is -0.354 e. The monoisotopic (exact) mass is 599 g/mol. The first-order valence-corrected chi connectivity index (χ1v) is 14.8. The van der Waals surface area contributed by atoms with Crippen molar-refractivity contribution in [2.24, 2.45) is 0 Å². The lowest BCUT2D eigenvalue weighted by Gasteiger charge is -2.32. The molecule has 0 spiro atoms. The minimum absolute atomic E-state index is 0.0876. The summed E-state index contributed by atoms with van der Waals surface area (Å²) in [5.41, 5.74) is 2.11. The Morgan fingerprint density at radius 2 is 1.58 bits per heavy atom. The van der Waals surface area contributed by atoms with Crippen LogP contribution in [0.3, 0.4) is 0 Å². The maximum atomic E-state index is 13.8. The number of amides is 2. The quantitative estimate of drug-likeness (QED) is 0.287. The molecule has 202 valence electrons. The van der Waals surface area contributed by atoms with Gasteiger partial charge < -0.3 is 10.2 Å². The summed E-state index contributed by atoms with van der Waals surface area (Å²) in [6.45, 7) is 5.79. The van der Waals surface area contributed by atoms with Crippen LogP contribution in [0.5, 0.6) is 0 Å². The molecule has 1 N–H and O–H groups in total. The third kappa shape index (κ3) is 7.68. The molecule has 0 aromatic heterocycles. The number of unbranched alkanes of at least 4 members (excludes halogenated alkanes) is 1. The summed E-state index contributed by atoms with van der Waals surface area (Å²) in [5.74, 6) is -0.762. The number of aryl methyl sites for hydroxylation is 1. The maximum Gasteiger partial charge on any atom is 0.264 e. The van der Waals surface area contributed by atoms with Gasteiger partial charge in [0, 0.05) is 17.6 Å². The van der Waals surface area contributed by atoms with Gasteiger partial charge in [-0.3, -0.25) is 13.9 Å². The molecule has 1 atom stereocenters. The number of nitrogens with zero attached hydrogens (tertiary/aromatic N) is 2. The van der Waals surface area contributed by atoms with Gasteiger partial charge in [-0.25, -0.2) is 8.42 Å². The molecule has 38 heavy (non-hydrogen) atoms. The van der Waals surface area contributed by atoms with Gasteiger partial charge in [0.25, 0.3) is 10.0 Å². The number of hydrogen-bond acceptors (Lipinski definition) is 4. The van der Waals surface area contributed by atoms with Gasteiger partial charge in [0.2, 0.25) is 11.8 Å². The molecule has 0 bridgehead atoms. The summed E-state index contributed by atoms with van der Waals surface area (Å²) in [4.78, 5) is 28.3. The molecule has 0 saturated heterocycles. The van der Waals surface area contributed by atoms with E-state index in [9.17, 15) is 18.0 Å². The van der Waals surface area contributed by atoms with Gasteiger partial charge in [-0.15, -0.1) is 0 Å². The average Bonchev–Trinajstić information content (AvgIpc) is 2.91. The number of halogens is 1. The van der Waals surface area contributed by atoms with Crippen LogP contribution < -0.4 is 9.62 Å². The third-order valence-electron chi connectivity index (χ3n) is 6.20. The molecule has 0 saturated carbocycles. The number of nitrogens with one attached hydrogen (secondary N) is 1. The Labute approximate surface area is 234 Å². The van der Waals surface area contributed by atoms with Gasteiger partial charge in [0.05, 0.1) is 10.6 Å². The molecule has 0 aliphatic heterocycles. The molecule has 0 heterocycles. The van der Waals surface area contributed by atoms with E-state index in [1.165, 1.54) is 17.0 Å². The van der Waals surface area contributed by atoms with Crippen LogP contribution in [0.4, 0.5) is 5.69 Å². The van der Waals surface area contributed by atoms with E-state index in [2.05, 4.69) is 21.2 Å². The zero-order chi connectivity index (χ0) is 27.7. The Morgan fingerprint density at radius 1 is 0.947 bits per heavy atom. The topological polar surface area (TPSA) is 86.8 Å². The Kier molecular flexibility index (Phi) is 10.5. The largest absolute Gasteiger partial charge is 0.354 e. The highest BCUT2D eigenvalue weighted by atomic mass is 79.9. The van der Waals surface area contributed by atoms with Gasteiger partial charge in [-0.05, 0) is 62.2 Å². The van der Waals surface area contributed by atoms with Crippen molar-refractivity contribution in [1.82, 2.24) is 10.2 Å². The molecule has 0 radical (unpaired) electrons. The molecule has 9 heteroatoms. The molecular weight excluding hydrogens is 566 g/mol. The second-order valence-electron chi connectivity index (χ2n) is 9.13. The lowest BCUT2D eigenvalue weighted by molar-refractivity contribution is -0.139. The molecule has 3 aromatic rings. The SMILES string of the molecule is CCCCNC(=O)[C@H](C)N(Cc1ccc(Br)cc1)C(=O)CN(c1ccccc1)S(=O)(=O)c1ccc(C)cc1. The molecule has 0 fully saturated rings. The van der Waals surface area contributed by atoms with E-state index >= 15 is 0 Å². The lowest BCUT2D eigenvalue weighted by Crippen LogP contribution is -2.51. The smallest absolute Gasteiger partial charge is 0.264 e. The van der Waals surface area contributed by atoms with Crippen molar-refractivity contribution >= 4 is 43.5 Å². The molecular formula is C29H34BrN3O4S. The lowest BCUT2D eigenvalue weighted by atomic mass is 10.1. The molecule has 2 amide bonds. The summed E-state index contributed by atoms with van der Waals surface area (Å²) < 4.78 is 29.5. The van der Waals surface area contributed by atoms with Gasteiger partial charge >= 0.3 is 0 Å². The number of hydrogen-bond donors (Lipinski definition) is 1. The van der Waals surface area contributed by atoms with E-state index in [1.807, 2.05) is 38.1 Å². The van der Waals surface area contributed by atoms with Gasteiger partial charge in [-0.2, -0.15) is 0 Å². The second-order valence-corrected chi connectivity index (χ2v) is 11.9. The summed E-state index contributed by atoms with van der Waals surface area (Å²) in [6.07, 6.45) is 1.76. The normalized spacial score (nSPS) is 12.0. The van der Waals surface area contributed by atoms with Crippen molar-refractivity contribution in [3.8, 4) is 0 Å². The molecule has 3 rings (SSSR count). The van der Waals surface area contributed by atoms with Crippen LogP contribution >= 0.6 is 15.9 Å². The molecule has 0 aliphatic carbocycles. The van der Waals surface area contributed by atoms with E-state index in [1.54, 1.807) is 49.4 Å². The Hall–Kier alpha value is -3.17. The van der Waals surface area contributed by atoms with Crippen LogP contribution in [-0.2, 0) is 26.2 Å². The van der Waals surface area contributed by atoms with Gasteiger partial charge in [-0.1, -0.05) is 77.3 Å². The number of benzene rings is 3. The predicted molar refractivity (Wildman–Crippen MR) is 154 cm³/mol. The van der Waals surface area contributed by atoms with E-state index in [-0.39, 0.29) is 17.3 Å². The zero-order valence-corrected chi connectivity index (χ0v) is 24.3. The zero-order valence-electron chi connectivity index (χ0n) is 21.9. The summed E-state index contributed by atoms with van der Waals surface area (Å²) in [7, 11) is -4.06. The first-order chi connectivity index (χ1) is 18.1. The molecule has 7 nitrogen and oxygen atoms in total. The summed E-state index contributed by atoms with van der Waals surface area (Å²) in [5, 5.41) is 2.89. The molecule has 0 aliphatic rings. The maximum absolute atomic E-state index is 13.8. The number of anilines is 1. The van der Waals surface area contributed by atoms with E-state index in [0.717, 1.165) is 32.7 Å². The van der Waals surface area contributed by atoms with Crippen LogP contribution in [0.2, 0.25) is 0 Å². The predicted octanol–water partition coefficient (Wildman–Crippen LogP) is 5.29. The number of sulfonamides is 1. The van der Waals surface area contributed by atoms with Crippen molar-refractivity contribution in [3.05, 3.63) is 94.5 Å². The first kappa shape index (κ1) is 29.4. The van der Waals surface area contributed by atoms with Gasteiger partial charge in [0.1, 0.15) is 12.6 Å². The van der Waals surface area contributed by atoms with E-state index in [4.69, 9.17) is 0 Å². The van der Waals surface area contributed by atoms with Crippen LogP contribution in [0.15, 0.2) is 88.2 Å². The Balaban J connectivity index is 1.96. The van der Waals surface area contributed by atoms with Gasteiger partial charge in [0.15, 0.2) is 0 Å². The molecule has 0 unspecified atom stereocenters. The highest BCUT2D eigenvalue weighted by Crippen LogP contribution is 2.25. The van der Waals surface area contributed by atoms with Crippen LogP contribution in [0, 0.1) is 6.92 Å². The fourth-order valence-corrected chi connectivity index (χ4v) is 5.54. The summed E-state index contributed by atoms with van der Waals surface area (Å²) in [6, 6.07) is 21.7. The van der Waals surface area contributed by atoms with Crippen LogP contribution in [0.1, 0.15) is 37.8 Å². The Bertz CT molecular complexity index is 1310. The van der Waals surface area contributed by atoms with Crippen molar-refractivity contribution < 1.29 is 18.0 Å². The highest BCUT2D eigenvalue weighted by molar-refractivity contribution is 9.10. The highest BCUT2D eigenvalue weighted by Gasteiger charge is 2.32. The number of rotatable bonds is 12. The number of carbonyl (C=O) groups excluding carboxylic acids is 2. The van der Waals surface area contributed by atoms with Crippen molar-refractivity contribution in [1.29, 1.82) is 0 Å². The van der Waals surface area contributed by atoms with E-state index < -0.39 is 28.5 Å².